The molecule has 0 radical (unpaired) electrons. The van der Waals surface area contributed by atoms with Crippen molar-refractivity contribution in [2.24, 2.45) is 5.10 Å². The Kier molecular flexibility index (Phi) is 5.08. The van der Waals surface area contributed by atoms with Gasteiger partial charge in [-0.05, 0) is 23.3 Å². The van der Waals surface area contributed by atoms with Crippen molar-refractivity contribution in [3.63, 3.8) is 0 Å². The summed E-state index contributed by atoms with van der Waals surface area (Å²) in [5.74, 6) is -0.0239. The lowest BCUT2D eigenvalue weighted by Gasteiger charge is -2.21. The predicted molar refractivity (Wildman–Crippen MR) is 102 cm³/mol. The summed E-state index contributed by atoms with van der Waals surface area (Å²) in [6, 6.07) is 16.7. The molecule has 1 amide bonds. The number of hydrazone groups is 1. The molecule has 26 heavy (non-hydrogen) atoms. The molecule has 1 atom stereocenters. The molecule has 1 heterocycles. The van der Waals surface area contributed by atoms with Crippen LogP contribution in [0.5, 0.6) is 0 Å². The highest BCUT2D eigenvalue weighted by molar-refractivity contribution is 7.92. The molecule has 0 bridgehead atoms. The number of benzene rings is 2. The summed E-state index contributed by atoms with van der Waals surface area (Å²) >= 11 is 0. The molecule has 0 aliphatic carbocycles. The summed E-state index contributed by atoms with van der Waals surface area (Å²) in [5, 5.41) is 6.12. The minimum absolute atomic E-state index is 0.0239. The number of hydrogen-bond acceptors (Lipinski definition) is 4. The van der Waals surface area contributed by atoms with E-state index in [1.807, 2.05) is 49.4 Å². The molecule has 0 fully saturated rings. The fourth-order valence-electron chi connectivity index (χ4n) is 2.96. The third kappa shape index (κ3) is 4.11. The fraction of sp³-hybridized carbons (Fsp3) is 0.263. The molecule has 3 rings (SSSR count). The van der Waals surface area contributed by atoms with Crippen LogP contribution in [0.4, 0.5) is 5.69 Å². The van der Waals surface area contributed by atoms with Gasteiger partial charge in [-0.3, -0.25) is 9.52 Å². The highest BCUT2D eigenvalue weighted by atomic mass is 32.2. The molecule has 136 valence electrons. The molecule has 0 unspecified atom stereocenters. The van der Waals surface area contributed by atoms with Gasteiger partial charge in [-0.2, -0.15) is 5.10 Å². The summed E-state index contributed by atoms with van der Waals surface area (Å²) in [6.07, 6.45) is 2.12. The van der Waals surface area contributed by atoms with Gasteiger partial charge in [0, 0.05) is 18.5 Å². The molecule has 1 N–H and O–H groups in total. The summed E-state index contributed by atoms with van der Waals surface area (Å²) < 4.78 is 25.1. The van der Waals surface area contributed by atoms with Gasteiger partial charge in [-0.15, -0.1) is 0 Å². The second kappa shape index (κ2) is 7.29. The van der Waals surface area contributed by atoms with E-state index in [9.17, 15) is 13.2 Å². The molecule has 0 saturated heterocycles. The van der Waals surface area contributed by atoms with Crippen molar-refractivity contribution in [3.8, 4) is 0 Å². The van der Waals surface area contributed by atoms with Crippen molar-refractivity contribution in [1.29, 1.82) is 0 Å². The number of nitrogens with one attached hydrogen (secondary N) is 1. The van der Waals surface area contributed by atoms with Crippen molar-refractivity contribution in [1.82, 2.24) is 5.01 Å². The summed E-state index contributed by atoms with van der Waals surface area (Å²) in [7, 11) is -3.31. The Hall–Kier alpha value is -2.67. The van der Waals surface area contributed by atoms with Gasteiger partial charge in [-0.1, -0.05) is 49.4 Å². The van der Waals surface area contributed by atoms with Crippen LogP contribution in [0.15, 0.2) is 59.7 Å². The maximum absolute atomic E-state index is 12.3. The van der Waals surface area contributed by atoms with E-state index >= 15 is 0 Å². The van der Waals surface area contributed by atoms with Gasteiger partial charge in [0.15, 0.2) is 0 Å². The number of amides is 1. The Bertz CT molecular complexity index is 922. The smallest absolute Gasteiger partial charge is 0.242 e. The van der Waals surface area contributed by atoms with Gasteiger partial charge in [0.2, 0.25) is 15.9 Å². The van der Waals surface area contributed by atoms with Gasteiger partial charge >= 0.3 is 0 Å². The maximum atomic E-state index is 12.3. The van der Waals surface area contributed by atoms with E-state index < -0.39 is 10.0 Å². The van der Waals surface area contributed by atoms with Crippen molar-refractivity contribution in [3.05, 3.63) is 65.7 Å². The van der Waals surface area contributed by atoms with Crippen LogP contribution in [0.2, 0.25) is 0 Å². The standard InChI is InChI=1S/C19H21N3O3S/c1-3-19(23)22-18(15-7-5-4-6-8-15)13-17(20-22)14-9-11-16(12-10-14)21-26(2,24)25/h4-12,18,21H,3,13H2,1-2H3/t18-/m1/s1. The molecule has 2 aromatic carbocycles. The monoisotopic (exact) mass is 371 g/mol. The first-order valence-corrected chi connectivity index (χ1v) is 10.3. The molecule has 1 aliphatic heterocycles. The van der Waals surface area contributed by atoms with Crippen molar-refractivity contribution < 1.29 is 13.2 Å². The number of hydrogen-bond donors (Lipinski definition) is 1. The van der Waals surface area contributed by atoms with Gasteiger partial charge in [0.05, 0.1) is 18.0 Å². The lowest BCUT2D eigenvalue weighted by atomic mass is 9.98. The summed E-state index contributed by atoms with van der Waals surface area (Å²) in [5.41, 5.74) is 3.22. The molecular formula is C19H21N3O3S. The zero-order chi connectivity index (χ0) is 18.7. The Morgan fingerprint density at radius 1 is 1.15 bits per heavy atom. The average molecular weight is 371 g/mol. The Balaban J connectivity index is 1.87. The minimum atomic E-state index is -3.31. The molecule has 7 heteroatoms. The van der Waals surface area contributed by atoms with Crippen LogP contribution in [-0.2, 0) is 14.8 Å². The fourth-order valence-corrected chi connectivity index (χ4v) is 3.52. The molecule has 0 saturated carbocycles. The third-order valence-corrected chi connectivity index (χ3v) is 4.78. The number of sulfonamides is 1. The SMILES string of the molecule is CCC(=O)N1N=C(c2ccc(NS(C)(=O)=O)cc2)C[C@@H]1c1ccccc1. The van der Waals surface area contributed by atoms with Crippen molar-refractivity contribution >= 4 is 27.3 Å². The second-order valence-electron chi connectivity index (χ2n) is 6.22. The molecule has 2 aromatic rings. The van der Waals surface area contributed by atoms with Gasteiger partial charge in [-0.25, -0.2) is 13.4 Å². The van der Waals surface area contributed by atoms with E-state index in [1.54, 1.807) is 17.1 Å². The van der Waals surface area contributed by atoms with E-state index in [2.05, 4.69) is 9.82 Å². The van der Waals surface area contributed by atoms with Crippen LogP contribution in [0.25, 0.3) is 0 Å². The Morgan fingerprint density at radius 2 is 1.81 bits per heavy atom. The number of carbonyl (C=O) groups is 1. The topological polar surface area (TPSA) is 78.8 Å². The lowest BCUT2D eigenvalue weighted by Crippen LogP contribution is -2.26. The Labute approximate surface area is 153 Å². The maximum Gasteiger partial charge on any atom is 0.242 e. The van der Waals surface area contributed by atoms with E-state index in [1.165, 1.54) is 0 Å². The van der Waals surface area contributed by atoms with E-state index in [-0.39, 0.29) is 11.9 Å². The summed E-state index contributed by atoms with van der Waals surface area (Å²) in [4.78, 5) is 12.3. The van der Waals surface area contributed by atoms with Gasteiger partial charge in [0.25, 0.3) is 0 Å². The van der Waals surface area contributed by atoms with E-state index in [0.29, 0.717) is 18.5 Å². The first kappa shape index (κ1) is 18.1. The number of carbonyl (C=O) groups excluding carboxylic acids is 1. The van der Waals surface area contributed by atoms with Crippen LogP contribution in [-0.4, -0.2) is 31.3 Å². The normalized spacial score (nSPS) is 17.1. The zero-order valence-corrected chi connectivity index (χ0v) is 15.5. The first-order chi connectivity index (χ1) is 12.4. The largest absolute Gasteiger partial charge is 0.284 e. The highest BCUT2D eigenvalue weighted by Crippen LogP contribution is 2.33. The molecule has 0 spiro atoms. The van der Waals surface area contributed by atoms with E-state index in [0.717, 1.165) is 23.1 Å². The quantitative estimate of drug-likeness (QED) is 0.877. The van der Waals surface area contributed by atoms with Crippen LogP contribution in [0, 0.1) is 0 Å². The summed E-state index contributed by atoms with van der Waals surface area (Å²) in [6.45, 7) is 1.82. The highest BCUT2D eigenvalue weighted by Gasteiger charge is 2.32. The van der Waals surface area contributed by atoms with Crippen LogP contribution in [0.3, 0.4) is 0 Å². The van der Waals surface area contributed by atoms with Crippen LogP contribution < -0.4 is 4.72 Å². The molecule has 1 aliphatic rings. The van der Waals surface area contributed by atoms with Crippen LogP contribution in [0.1, 0.15) is 36.9 Å². The molecular weight excluding hydrogens is 350 g/mol. The van der Waals surface area contributed by atoms with Gasteiger partial charge in [0.1, 0.15) is 0 Å². The first-order valence-electron chi connectivity index (χ1n) is 8.40. The number of rotatable bonds is 5. The van der Waals surface area contributed by atoms with Gasteiger partial charge < -0.3 is 0 Å². The molecule has 6 nitrogen and oxygen atoms in total. The second-order valence-corrected chi connectivity index (χ2v) is 7.97. The van der Waals surface area contributed by atoms with Crippen molar-refractivity contribution in [2.75, 3.05) is 11.0 Å². The molecule has 0 aromatic heterocycles. The van der Waals surface area contributed by atoms with Crippen LogP contribution >= 0.6 is 0 Å². The minimum Gasteiger partial charge on any atom is -0.284 e. The third-order valence-electron chi connectivity index (χ3n) is 4.17. The van der Waals surface area contributed by atoms with Crippen molar-refractivity contribution in [2.45, 2.75) is 25.8 Å². The predicted octanol–water partition coefficient (Wildman–Crippen LogP) is 3.15. The number of nitrogens with zero attached hydrogens (tertiary/aromatic N) is 2. The number of anilines is 1. The zero-order valence-electron chi connectivity index (χ0n) is 14.7. The van der Waals surface area contributed by atoms with E-state index in [4.69, 9.17) is 0 Å². The average Bonchev–Trinajstić information content (AvgIpc) is 3.06. The lowest BCUT2D eigenvalue weighted by molar-refractivity contribution is -0.132. The Morgan fingerprint density at radius 3 is 2.38 bits per heavy atom.